The van der Waals surface area contributed by atoms with E-state index in [0.29, 0.717) is 0 Å². The van der Waals surface area contributed by atoms with E-state index in [-0.39, 0.29) is 6.61 Å². The third kappa shape index (κ3) is 5.24. The zero-order valence-corrected chi connectivity index (χ0v) is 4.09. The maximum atomic E-state index is 8.13. The summed E-state index contributed by atoms with van der Waals surface area (Å²) in [7, 11) is 0. The van der Waals surface area contributed by atoms with Gasteiger partial charge < -0.3 is 10.4 Å². The molecule has 0 aromatic heterocycles. The minimum absolute atomic E-state index is 0.0703. The molecule has 0 heterocycles. The molecule has 0 unspecified atom stereocenters. The van der Waals surface area contributed by atoms with Gasteiger partial charge in [0.2, 0.25) is 0 Å². The van der Waals surface area contributed by atoms with Gasteiger partial charge in [-0.2, -0.15) is 0 Å². The molecule has 0 aliphatic rings. The summed E-state index contributed by atoms with van der Waals surface area (Å²) in [6.07, 6.45) is 4.74. The summed E-state index contributed by atoms with van der Waals surface area (Å²) in [5.41, 5.74) is 0. The van der Waals surface area contributed by atoms with Gasteiger partial charge in [0.05, 0.1) is 6.61 Å². The zero-order valence-electron chi connectivity index (χ0n) is 4.09. The van der Waals surface area contributed by atoms with E-state index >= 15 is 0 Å². The Morgan fingerprint density at radius 3 is 2.86 bits per heavy atom. The SMILES string of the molecule is C=CN/C=C/CO. The topological polar surface area (TPSA) is 32.3 Å². The van der Waals surface area contributed by atoms with E-state index in [4.69, 9.17) is 5.11 Å². The fourth-order valence-corrected chi connectivity index (χ4v) is 0.189. The van der Waals surface area contributed by atoms with Crippen molar-refractivity contribution in [1.29, 1.82) is 0 Å². The van der Waals surface area contributed by atoms with E-state index in [1.807, 2.05) is 0 Å². The third-order valence-corrected chi connectivity index (χ3v) is 0.437. The summed E-state index contributed by atoms with van der Waals surface area (Å²) >= 11 is 0. The Morgan fingerprint density at radius 2 is 2.43 bits per heavy atom. The lowest BCUT2D eigenvalue weighted by Gasteiger charge is -1.81. The first-order valence-electron chi connectivity index (χ1n) is 2.04. The molecule has 0 bridgehead atoms. The Balaban J connectivity index is 2.92. The number of hydrogen-bond acceptors (Lipinski definition) is 2. The van der Waals surface area contributed by atoms with Crippen LogP contribution >= 0.6 is 0 Å². The number of aliphatic hydroxyl groups excluding tert-OH is 1. The molecule has 0 saturated heterocycles. The number of hydrogen-bond donors (Lipinski definition) is 2. The quantitative estimate of drug-likeness (QED) is 0.530. The molecular weight excluding hydrogens is 90.1 g/mol. The highest BCUT2D eigenvalue weighted by atomic mass is 16.2. The van der Waals surface area contributed by atoms with Crippen molar-refractivity contribution in [3.63, 3.8) is 0 Å². The summed E-state index contributed by atoms with van der Waals surface area (Å²) in [6, 6.07) is 0. The second kappa shape index (κ2) is 5.24. The first-order chi connectivity index (χ1) is 3.41. The van der Waals surface area contributed by atoms with Crippen LogP contribution in [0.15, 0.2) is 25.1 Å². The van der Waals surface area contributed by atoms with Gasteiger partial charge in [0.25, 0.3) is 0 Å². The van der Waals surface area contributed by atoms with Gasteiger partial charge in [-0.1, -0.05) is 6.58 Å². The molecule has 0 aliphatic carbocycles. The van der Waals surface area contributed by atoms with Gasteiger partial charge in [-0.15, -0.1) is 0 Å². The van der Waals surface area contributed by atoms with Crippen molar-refractivity contribution in [1.82, 2.24) is 5.32 Å². The molecule has 0 aromatic rings. The Bertz CT molecular complexity index is 68.5. The number of rotatable bonds is 3. The van der Waals surface area contributed by atoms with Crippen molar-refractivity contribution >= 4 is 0 Å². The monoisotopic (exact) mass is 99.1 g/mol. The Kier molecular flexibility index (Phi) is 4.67. The average Bonchev–Trinajstić information content (AvgIpc) is 1.69. The standard InChI is InChI=1S/C5H9NO/c1-2-6-4-3-5-7/h2-4,6-7H,1,5H2/b4-3+. The molecule has 0 radical (unpaired) electrons. The van der Waals surface area contributed by atoms with E-state index in [0.717, 1.165) is 0 Å². The molecule has 7 heavy (non-hydrogen) atoms. The van der Waals surface area contributed by atoms with Crippen LogP contribution in [-0.2, 0) is 0 Å². The average molecular weight is 99.1 g/mol. The van der Waals surface area contributed by atoms with Gasteiger partial charge >= 0.3 is 0 Å². The van der Waals surface area contributed by atoms with Crippen LogP contribution < -0.4 is 5.32 Å². The van der Waals surface area contributed by atoms with Crippen molar-refractivity contribution in [3.8, 4) is 0 Å². The predicted molar refractivity (Wildman–Crippen MR) is 29.6 cm³/mol. The minimum atomic E-state index is 0.0703. The Morgan fingerprint density at radius 1 is 1.71 bits per heavy atom. The normalized spacial score (nSPS) is 9.29. The van der Waals surface area contributed by atoms with Crippen LogP contribution in [0.4, 0.5) is 0 Å². The van der Waals surface area contributed by atoms with Crippen molar-refractivity contribution in [2.45, 2.75) is 0 Å². The van der Waals surface area contributed by atoms with Crippen LogP contribution in [0.3, 0.4) is 0 Å². The first-order valence-corrected chi connectivity index (χ1v) is 2.04. The molecule has 2 nitrogen and oxygen atoms in total. The van der Waals surface area contributed by atoms with Gasteiger partial charge in [0.1, 0.15) is 0 Å². The van der Waals surface area contributed by atoms with Crippen LogP contribution in [0.25, 0.3) is 0 Å². The first kappa shape index (κ1) is 6.24. The molecule has 0 atom stereocenters. The fraction of sp³-hybridized carbons (Fsp3) is 0.200. The predicted octanol–water partition coefficient (Wildman–Crippen LogP) is 0.225. The smallest absolute Gasteiger partial charge is 0.0629 e. The van der Waals surface area contributed by atoms with Crippen LogP contribution in [0.5, 0.6) is 0 Å². The van der Waals surface area contributed by atoms with Crippen molar-refractivity contribution in [2.24, 2.45) is 0 Å². The Hall–Kier alpha value is -0.760. The molecule has 0 aromatic carbocycles. The lowest BCUT2D eigenvalue weighted by atomic mass is 10.6. The van der Waals surface area contributed by atoms with Gasteiger partial charge in [-0.3, -0.25) is 0 Å². The van der Waals surface area contributed by atoms with Crippen LogP contribution in [-0.4, -0.2) is 11.7 Å². The highest BCUT2D eigenvalue weighted by Gasteiger charge is 1.60. The van der Waals surface area contributed by atoms with Crippen LogP contribution in [0.2, 0.25) is 0 Å². The molecule has 0 aliphatic heterocycles. The molecular formula is C5H9NO. The number of nitrogens with one attached hydrogen (secondary N) is 1. The molecule has 0 fully saturated rings. The molecule has 0 spiro atoms. The second-order valence-corrected chi connectivity index (χ2v) is 0.956. The molecule has 0 saturated carbocycles. The minimum Gasteiger partial charge on any atom is -0.392 e. The fourth-order valence-electron chi connectivity index (χ4n) is 0.189. The van der Waals surface area contributed by atoms with E-state index in [9.17, 15) is 0 Å². The van der Waals surface area contributed by atoms with E-state index < -0.39 is 0 Å². The lowest BCUT2D eigenvalue weighted by Crippen LogP contribution is -1.89. The summed E-state index contributed by atoms with van der Waals surface area (Å²) in [5.74, 6) is 0. The molecule has 2 heteroatoms. The highest BCUT2D eigenvalue weighted by molar-refractivity contribution is 4.82. The van der Waals surface area contributed by atoms with Crippen molar-refractivity contribution < 1.29 is 5.11 Å². The molecule has 40 valence electrons. The van der Waals surface area contributed by atoms with Crippen LogP contribution in [0, 0.1) is 0 Å². The van der Waals surface area contributed by atoms with E-state index in [1.165, 1.54) is 6.20 Å². The lowest BCUT2D eigenvalue weighted by molar-refractivity contribution is 0.342. The third-order valence-electron chi connectivity index (χ3n) is 0.437. The molecule has 0 amide bonds. The zero-order chi connectivity index (χ0) is 5.54. The van der Waals surface area contributed by atoms with Gasteiger partial charge in [0, 0.05) is 0 Å². The molecule has 0 rings (SSSR count). The maximum absolute atomic E-state index is 8.13. The summed E-state index contributed by atoms with van der Waals surface area (Å²) in [6.45, 7) is 3.46. The van der Waals surface area contributed by atoms with Gasteiger partial charge in [-0.05, 0) is 18.5 Å². The van der Waals surface area contributed by atoms with Crippen molar-refractivity contribution in [3.05, 3.63) is 25.1 Å². The van der Waals surface area contributed by atoms with Gasteiger partial charge in [0.15, 0.2) is 0 Å². The second-order valence-electron chi connectivity index (χ2n) is 0.956. The molecule has 2 N–H and O–H groups in total. The van der Waals surface area contributed by atoms with E-state index in [1.54, 1.807) is 12.3 Å². The maximum Gasteiger partial charge on any atom is 0.0629 e. The Labute approximate surface area is 43.2 Å². The largest absolute Gasteiger partial charge is 0.392 e. The van der Waals surface area contributed by atoms with Crippen molar-refractivity contribution in [2.75, 3.05) is 6.61 Å². The van der Waals surface area contributed by atoms with Gasteiger partial charge in [-0.25, -0.2) is 0 Å². The van der Waals surface area contributed by atoms with Crippen LogP contribution in [0.1, 0.15) is 0 Å². The summed E-state index contributed by atoms with van der Waals surface area (Å²) < 4.78 is 0. The number of aliphatic hydroxyl groups is 1. The summed E-state index contributed by atoms with van der Waals surface area (Å²) in [4.78, 5) is 0. The summed E-state index contributed by atoms with van der Waals surface area (Å²) in [5, 5.41) is 10.8. The van der Waals surface area contributed by atoms with E-state index in [2.05, 4.69) is 11.9 Å². The highest BCUT2D eigenvalue weighted by Crippen LogP contribution is 1.61.